The van der Waals surface area contributed by atoms with Gasteiger partial charge in [-0.2, -0.15) is 0 Å². The Kier molecular flexibility index (Phi) is 7.06. The number of aliphatic hydroxyl groups excluding tert-OH is 1. The van der Waals surface area contributed by atoms with E-state index in [-0.39, 0.29) is 0 Å². The molecule has 0 aromatic heterocycles. The summed E-state index contributed by atoms with van der Waals surface area (Å²) in [5.41, 5.74) is 0. The van der Waals surface area contributed by atoms with Gasteiger partial charge in [0.15, 0.2) is 0 Å². The SMILES string of the molecule is CC(C)C(CCO)NCCC1CCCCC1. The van der Waals surface area contributed by atoms with Gasteiger partial charge < -0.3 is 10.4 Å². The molecule has 0 saturated heterocycles. The molecular formula is C14H29NO. The van der Waals surface area contributed by atoms with Crippen LogP contribution in [0.4, 0.5) is 0 Å². The van der Waals surface area contributed by atoms with Crippen molar-refractivity contribution in [2.24, 2.45) is 11.8 Å². The number of nitrogens with one attached hydrogen (secondary N) is 1. The first-order valence-electron chi connectivity index (χ1n) is 7.08. The van der Waals surface area contributed by atoms with Crippen LogP contribution in [0.15, 0.2) is 0 Å². The van der Waals surface area contributed by atoms with E-state index in [2.05, 4.69) is 19.2 Å². The van der Waals surface area contributed by atoms with Gasteiger partial charge in [-0.1, -0.05) is 46.0 Å². The van der Waals surface area contributed by atoms with Gasteiger partial charge >= 0.3 is 0 Å². The largest absolute Gasteiger partial charge is 0.396 e. The molecule has 1 atom stereocenters. The van der Waals surface area contributed by atoms with Gasteiger partial charge in [0, 0.05) is 12.6 Å². The van der Waals surface area contributed by atoms with E-state index in [9.17, 15) is 0 Å². The van der Waals surface area contributed by atoms with Crippen molar-refractivity contribution < 1.29 is 5.11 Å². The molecular weight excluding hydrogens is 198 g/mol. The highest BCUT2D eigenvalue weighted by molar-refractivity contribution is 4.72. The Morgan fingerprint density at radius 1 is 1.19 bits per heavy atom. The Balaban J connectivity index is 2.11. The van der Waals surface area contributed by atoms with E-state index in [1.54, 1.807) is 0 Å². The summed E-state index contributed by atoms with van der Waals surface area (Å²) in [6, 6.07) is 0.494. The lowest BCUT2D eigenvalue weighted by molar-refractivity contribution is 0.239. The minimum Gasteiger partial charge on any atom is -0.396 e. The summed E-state index contributed by atoms with van der Waals surface area (Å²) >= 11 is 0. The lowest BCUT2D eigenvalue weighted by Gasteiger charge is -2.25. The summed E-state index contributed by atoms with van der Waals surface area (Å²) in [5.74, 6) is 1.58. The lowest BCUT2D eigenvalue weighted by Crippen LogP contribution is -2.36. The standard InChI is InChI=1S/C14H29NO/c1-12(2)14(9-11-16)15-10-8-13-6-4-3-5-7-13/h12-16H,3-11H2,1-2H3. The topological polar surface area (TPSA) is 32.3 Å². The van der Waals surface area contributed by atoms with E-state index < -0.39 is 0 Å². The first-order chi connectivity index (χ1) is 7.74. The van der Waals surface area contributed by atoms with Crippen molar-refractivity contribution in [1.82, 2.24) is 5.32 Å². The molecule has 96 valence electrons. The molecule has 16 heavy (non-hydrogen) atoms. The smallest absolute Gasteiger partial charge is 0.0445 e. The molecule has 0 heterocycles. The minimum atomic E-state index is 0.305. The van der Waals surface area contributed by atoms with E-state index in [1.807, 2.05) is 0 Å². The Morgan fingerprint density at radius 2 is 1.88 bits per heavy atom. The van der Waals surface area contributed by atoms with Crippen LogP contribution in [0.2, 0.25) is 0 Å². The van der Waals surface area contributed by atoms with E-state index in [0.717, 1.165) is 18.9 Å². The molecule has 0 aliphatic heterocycles. The monoisotopic (exact) mass is 227 g/mol. The maximum atomic E-state index is 8.99. The zero-order chi connectivity index (χ0) is 11.8. The van der Waals surface area contributed by atoms with Crippen molar-refractivity contribution in [2.75, 3.05) is 13.2 Å². The van der Waals surface area contributed by atoms with Gasteiger partial charge in [0.1, 0.15) is 0 Å². The van der Waals surface area contributed by atoms with Crippen molar-refractivity contribution in [2.45, 2.75) is 64.8 Å². The Morgan fingerprint density at radius 3 is 2.44 bits per heavy atom. The summed E-state index contributed by atoms with van der Waals surface area (Å²) in [6.07, 6.45) is 9.42. The van der Waals surface area contributed by atoms with Crippen LogP contribution in [0.25, 0.3) is 0 Å². The summed E-state index contributed by atoms with van der Waals surface area (Å²) in [4.78, 5) is 0. The molecule has 2 heteroatoms. The fourth-order valence-electron chi connectivity index (χ4n) is 2.76. The predicted molar refractivity (Wildman–Crippen MR) is 69.5 cm³/mol. The van der Waals surface area contributed by atoms with Crippen molar-refractivity contribution in [3.8, 4) is 0 Å². The van der Waals surface area contributed by atoms with Crippen LogP contribution in [0.5, 0.6) is 0 Å². The fraction of sp³-hybridized carbons (Fsp3) is 1.00. The fourth-order valence-corrected chi connectivity index (χ4v) is 2.76. The van der Waals surface area contributed by atoms with E-state index in [4.69, 9.17) is 5.11 Å². The normalized spacial score (nSPS) is 20.2. The third-order valence-electron chi connectivity index (χ3n) is 3.93. The van der Waals surface area contributed by atoms with Gasteiger partial charge in [0.25, 0.3) is 0 Å². The molecule has 1 rings (SSSR count). The molecule has 0 radical (unpaired) electrons. The van der Waals surface area contributed by atoms with Crippen LogP contribution in [-0.4, -0.2) is 24.3 Å². The van der Waals surface area contributed by atoms with Crippen LogP contribution in [-0.2, 0) is 0 Å². The molecule has 1 saturated carbocycles. The zero-order valence-corrected chi connectivity index (χ0v) is 11.0. The molecule has 0 amide bonds. The zero-order valence-electron chi connectivity index (χ0n) is 11.0. The van der Waals surface area contributed by atoms with Gasteiger partial charge in [-0.05, 0) is 31.2 Å². The highest BCUT2D eigenvalue weighted by Gasteiger charge is 2.15. The molecule has 0 spiro atoms. The van der Waals surface area contributed by atoms with Gasteiger partial charge in [0.05, 0.1) is 0 Å². The van der Waals surface area contributed by atoms with Gasteiger partial charge in [0.2, 0.25) is 0 Å². The van der Waals surface area contributed by atoms with Crippen molar-refractivity contribution in [3.05, 3.63) is 0 Å². The molecule has 0 aromatic carbocycles. The number of hydrogen-bond donors (Lipinski definition) is 2. The summed E-state index contributed by atoms with van der Waals surface area (Å²) < 4.78 is 0. The van der Waals surface area contributed by atoms with Crippen molar-refractivity contribution in [3.63, 3.8) is 0 Å². The van der Waals surface area contributed by atoms with E-state index in [0.29, 0.717) is 18.6 Å². The van der Waals surface area contributed by atoms with Crippen molar-refractivity contribution in [1.29, 1.82) is 0 Å². The summed E-state index contributed by atoms with van der Waals surface area (Å²) in [5, 5.41) is 12.6. The number of rotatable bonds is 7. The minimum absolute atomic E-state index is 0.305. The second kappa shape index (κ2) is 8.08. The first kappa shape index (κ1) is 14.0. The van der Waals surface area contributed by atoms with Crippen LogP contribution < -0.4 is 5.32 Å². The molecule has 0 aromatic rings. The molecule has 1 aliphatic carbocycles. The third-order valence-corrected chi connectivity index (χ3v) is 3.93. The Bertz CT molecular complexity index is 164. The highest BCUT2D eigenvalue weighted by Crippen LogP contribution is 2.25. The van der Waals surface area contributed by atoms with Crippen molar-refractivity contribution >= 4 is 0 Å². The maximum absolute atomic E-state index is 8.99. The quantitative estimate of drug-likeness (QED) is 0.701. The van der Waals surface area contributed by atoms with E-state index >= 15 is 0 Å². The number of hydrogen-bond acceptors (Lipinski definition) is 2. The molecule has 1 unspecified atom stereocenters. The summed E-state index contributed by atoms with van der Waals surface area (Å²) in [7, 11) is 0. The van der Waals surface area contributed by atoms with Crippen LogP contribution >= 0.6 is 0 Å². The molecule has 1 aliphatic rings. The van der Waals surface area contributed by atoms with Gasteiger partial charge in [-0.3, -0.25) is 0 Å². The maximum Gasteiger partial charge on any atom is 0.0445 e. The molecule has 0 bridgehead atoms. The first-order valence-corrected chi connectivity index (χ1v) is 7.08. The van der Waals surface area contributed by atoms with Crippen LogP contribution in [0.1, 0.15) is 58.8 Å². The highest BCUT2D eigenvalue weighted by atomic mass is 16.3. The summed E-state index contributed by atoms with van der Waals surface area (Å²) in [6.45, 7) is 5.90. The van der Waals surface area contributed by atoms with E-state index in [1.165, 1.54) is 38.5 Å². The Hall–Kier alpha value is -0.0800. The molecule has 2 nitrogen and oxygen atoms in total. The lowest BCUT2D eigenvalue weighted by atomic mass is 9.87. The molecule has 2 N–H and O–H groups in total. The second-order valence-electron chi connectivity index (χ2n) is 5.61. The third kappa shape index (κ3) is 5.31. The average molecular weight is 227 g/mol. The number of aliphatic hydroxyl groups is 1. The predicted octanol–water partition coefficient (Wildman–Crippen LogP) is 2.95. The van der Waals surface area contributed by atoms with Gasteiger partial charge in [-0.15, -0.1) is 0 Å². The molecule has 1 fully saturated rings. The van der Waals surface area contributed by atoms with Crippen LogP contribution in [0, 0.1) is 11.8 Å². The second-order valence-corrected chi connectivity index (χ2v) is 5.61. The van der Waals surface area contributed by atoms with Gasteiger partial charge in [-0.25, -0.2) is 0 Å². The Labute approximate surface area is 101 Å². The average Bonchev–Trinajstić information content (AvgIpc) is 2.29. The van der Waals surface area contributed by atoms with Crippen LogP contribution in [0.3, 0.4) is 0 Å².